The van der Waals surface area contributed by atoms with Gasteiger partial charge < -0.3 is 0 Å². The van der Waals surface area contributed by atoms with Crippen LogP contribution in [0.25, 0.3) is 0 Å². The lowest BCUT2D eigenvalue weighted by atomic mass is 10.00. The van der Waals surface area contributed by atoms with Crippen molar-refractivity contribution in [3.63, 3.8) is 0 Å². The lowest BCUT2D eigenvalue weighted by molar-refractivity contribution is -0.595. The van der Waals surface area contributed by atoms with Crippen LogP contribution in [0.4, 0.5) is 0 Å². The second-order valence-corrected chi connectivity index (χ2v) is 5.23. The number of carbonyl (C=O) groups is 1. The lowest BCUT2D eigenvalue weighted by Crippen LogP contribution is -2.27. The molecule has 0 radical (unpaired) electrons. The number of nitrogens with one attached hydrogen (secondary N) is 1. The molecule has 98 valence electrons. The van der Waals surface area contributed by atoms with Crippen molar-refractivity contribution in [1.29, 1.82) is 0 Å². The van der Waals surface area contributed by atoms with Gasteiger partial charge in [-0.3, -0.25) is 4.79 Å². The number of hydrazone groups is 1. The van der Waals surface area contributed by atoms with Crippen LogP contribution in [-0.4, -0.2) is 16.8 Å². The van der Waals surface area contributed by atoms with E-state index in [9.17, 15) is 4.79 Å². The van der Waals surface area contributed by atoms with E-state index in [-0.39, 0.29) is 11.9 Å². The van der Waals surface area contributed by atoms with Crippen molar-refractivity contribution in [2.45, 2.75) is 38.1 Å². The molecule has 2 aliphatic rings. The summed E-state index contributed by atoms with van der Waals surface area (Å²) in [5.41, 5.74) is 5.48. The molecule has 1 unspecified atom stereocenters. The largest absolute Gasteiger partial charge is 0.281 e. The summed E-state index contributed by atoms with van der Waals surface area (Å²) in [6, 6.07) is 10.3. The highest BCUT2D eigenvalue weighted by atomic mass is 16.2. The first-order chi connectivity index (χ1) is 9.33. The number of nitrogens with zero attached hydrogens (tertiary/aromatic N) is 1. The minimum Gasteiger partial charge on any atom is -0.269 e. The number of benzene rings is 1. The molecule has 1 fully saturated rings. The first-order valence-corrected chi connectivity index (χ1v) is 6.99. The Morgan fingerprint density at radius 1 is 1.21 bits per heavy atom. The quantitative estimate of drug-likeness (QED) is 0.810. The maximum atomic E-state index is 11.7. The second kappa shape index (κ2) is 5.39. The minimum absolute atomic E-state index is 0.0986. The van der Waals surface area contributed by atoms with Gasteiger partial charge in [-0.1, -0.05) is 36.4 Å². The van der Waals surface area contributed by atoms with Crippen molar-refractivity contribution in [2.24, 2.45) is 0 Å². The molecule has 1 heterocycles. The molecule has 1 N–H and O–H groups in total. The summed E-state index contributed by atoms with van der Waals surface area (Å²) >= 11 is 0. The van der Waals surface area contributed by atoms with Crippen molar-refractivity contribution >= 4 is 12.1 Å². The molecule has 1 aromatic rings. The summed E-state index contributed by atoms with van der Waals surface area (Å²) in [6.07, 6.45) is 9.75. The zero-order valence-electron chi connectivity index (χ0n) is 11.0. The Labute approximate surface area is 113 Å². The molecule has 1 aliphatic carbocycles. The molecule has 1 saturated heterocycles. The summed E-state index contributed by atoms with van der Waals surface area (Å²) < 4.78 is 1.98. The highest BCUT2D eigenvalue weighted by molar-refractivity contribution is 5.80. The molecular formula is C16H19N2O+. The van der Waals surface area contributed by atoms with E-state index in [1.165, 1.54) is 24.0 Å². The number of amides is 1. The second-order valence-electron chi connectivity index (χ2n) is 5.23. The van der Waals surface area contributed by atoms with Gasteiger partial charge in [-0.05, 0) is 25.7 Å². The predicted molar refractivity (Wildman–Crippen MR) is 74.8 cm³/mol. The fourth-order valence-electron chi connectivity index (χ4n) is 2.78. The number of hydrogen-bond donors (Lipinski definition) is 1. The molecule has 3 nitrogen and oxygen atoms in total. The fourth-order valence-corrected chi connectivity index (χ4v) is 2.78. The van der Waals surface area contributed by atoms with Crippen molar-refractivity contribution in [3.8, 4) is 0 Å². The summed E-state index contributed by atoms with van der Waals surface area (Å²) in [6.45, 7) is 0. The van der Waals surface area contributed by atoms with Gasteiger partial charge >= 0.3 is 0 Å². The number of hydrogen-bond acceptors (Lipinski definition) is 1. The summed E-state index contributed by atoms with van der Waals surface area (Å²) in [4.78, 5) is 11.7. The number of allylic oxidation sites excluding steroid dienone is 2. The first-order valence-electron chi connectivity index (χ1n) is 6.99. The van der Waals surface area contributed by atoms with Gasteiger partial charge in [0.25, 0.3) is 5.91 Å². The molecule has 1 amide bonds. The summed E-state index contributed by atoms with van der Waals surface area (Å²) in [5, 5.41) is 0. The van der Waals surface area contributed by atoms with Gasteiger partial charge in [-0.15, -0.1) is 10.1 Å². The Bertz CT molecular complexity index is 531. The molecule has 19 heavy (non-hydrogen) atoms. The highest BCUT2D eigenvalue weighted by Crippen LogP contribution is 2.24. The number of hydrazine groups is 1. The molecule has 1 aromatic carbocycles. The predicted octanol–water partition coefficient (Wildman–Crippen LogP) is 2.75. The Hall–Kier alpha value is -1.90. The van der Waals surface area contributed by atoms with Gasteiger partial charge in [0.15, 0.2) is 6.21 Å². The Balaban J connectivity index is 1.88. The molecule has 1 atom stereocenters. The van der Waals surface area contributed by atoms with Crippen molar-refractivity contribution < 1.29 is 9.48 Å². The smallest absolute Gasteiger partial charge is 0.269 e. The molecule has 0 bridgehead atoms. The lowest BCUT2D eigenvalue weighted by Gasteiger charge is -2.09. The van der Waals surface area contributed by atoms with Gasteiger partial charge in [0.1, 0.15) is 6.42 Å². The SMILES string of the molecule is O=C1CC(c2ccccc2)/[N+](=C/C2=CCCCC2)N1. The molecule has 0 spiro atoms. The van der Waals surface area contributed by atoms with Crippen LogP contribution < -0.4 is 5.43 Å². The Kier molecular flexibility index (Phi) is 3.45. The molecule has 0 aromatic heterocycles. The standard InChI is InChI=1S/C16H18N2O/c19-16-11-15(14-9-5-2-6-10-14)18(17-16)12-13-7-3-1-4-8-13/h2,5-7,9-10,12,15H,1,3-4,8,11H2/p+1/b18-12-. The van der Waals surface area contributed by atoms with E-state index < -0.39 is 0 Å². The van der Waals surface area contributed by atoms with E-state index in [2.05, 4.69) is 29.8 Å². The average molecular weight is 255 g/mol. The zero-order valence-corrected chi connectivity index (χ0v) is 11.0. The van der Waals surface area contributed by atoms with Crippen molar-refractivity contribution in [2.75, 3.05) is 0 Å². The Morgan fingerprint density at radius 2 is 2.05 bits per heavy atom. The van der Waals surface area contributed by atoms with Gasteiger partial charge in [0.05, 0.1) is 0 Å². The van der Waals surface area contributed by atoms with E-state index in [4.69, 9.17) is 0 Å². The van der Waals surface area contributed by atoms with Gasteiger partial charge in [-0.25, -0.2) is 0 Å². The van der Waals surface area contributed by atoms with Crippen LogP contribution in [0.2, 0.25) is 0 Å². The van der Waals surface area contributed by atoms with Crippen molar-refractivity contribution in [3.05, 3.63) is 47.5 Å². The molecule has 3 heteroatoms. The van der Waals surface area contributed by atoms with Crippen LogP contribution in [0.15, 0.2) is 42.0 Å². The number of rotatable bonds is 2. The van der Waals surface area contributed by atoms with Gasteiger partial charge in [0.2, 0.25) is 6.04 Å². The van der Waals surface area contributed by atoms with Crippen LogP contribution in [0, 0.1) is 0 Å². The van der Waals surface area contributed by atoms with Crippen molar-refractivity contribution in [1.82, 2.24) is 5.43 Å². The maximum absolute atomic E-state index is 11.7. The van der Waals surface area contributed by atoms with Gasteiger partial charge in [-0.2, -0.15) is 0 Å². The third kappa shape index (κ3) is 2.75. The zero-order chi connectivity index (χ0) is 13.1. The average Bonchev–Trinajstić information content (AvgIpc) is 2.82. The van der Waals surface area contributed by atoms with E-state index >= 15 is 0 Å². The maximum Gasteiger partial charge on any atom is 0.281 e. The van der Waals surface area contributed by atoms with E-state index in [1.807, 2.05) is 22.9 Å². The van der Waals surface area contributed by atoms with Crippen LogP contribution in [-0.2, 0) is 4.79 Å². The number of carbonyl (C=O) groups excluding carboxylic acids is 1. The third-order valence-electron chi connectivity index (χ3n) is 3.78. The first kappa shape index (κ1) is 12.2. The molecule has 0 saturated carbocycles. The summed E-state index contributed by atoms with van der Waals surface area (Å²) in [5.74, 6) is 0.0986. The fraction of sp³-hybridized carbons (Fsp3) is 0.375. The summed E-state index contributed by atoms with van der Waals surface area (Å²) in [7, 11) is 0. The molecular weight excluding hydrogens is 236 g/mol. The highest BCUT2D eigenvalue weighted by Gasteiger charge is 2.35. The Morgan fingerprint density at radius 3 is 2.79 bits per heavy atom. The monoisotopic (exact) mass is 255 g/mol. The minimum atomic E-state index is 0.0986. The topological polar surface area (TPSA) is 32.1 Å². The third-order valence-corrected chi connectivity index (χ3v) is 3.78. The normalized spacial score (nSPS) is 25.3. The van der Waals surface area contributed by atoms with Crippen LogP contribution in [0.5, 0.6) is 0 Å². The molecule has 3 rings (SSSR count). The van der Waals surface area contributed by atoms with Crippen LogP contribution in [0.3, 0.4) is 0 Å². The van der Waals surface area contributed by atoms with E-state index in [0.717, 1.165) is 12.8 Å². The van der Waals surface area contributed by atoms with E-state index in [0.29, 0.717) is 6.42 Å². The van der Waals surface area contributed by atoms with Gasteiger partial charge in [0, 0.05) is 11.1 Å². The van der Waals surface area contributed by atoms with Crippen LogP contribution >= 0.6 is 0 Å². The van der Waals surface area contributed by atoms with E-state index in [1.54, 1.807) is 0 Å². The molecule has 1 aliphatic heterocycles. The van der Waals surface area contributed by atoms with Crippen LogP contribution in [0.1, 0.15) is 43.7 Å².